The quantitative estimate of drug-likeness (QED) is 0.162. The summed E-state index contributed by atoms with van der Waals surface area (Å²) in [4.78, 5) is 60.7. The van der Waals surface area contributed by atoms with Crippen molar-refractivity contribution >= 4 is 35.0 Å². The number of methoxy groups -OCH3 is 1. The Morgan fingerprint density at radius 3 is 2.34 bits per heavy atom. The number of nitrogens with zero attached hydrogens (tertiary/aromatic N) is 2. The van der Waals surface area contributed by atoms with Crippen LogP contribution in [0, 0.1) is 0 Å². The van der Waals surface area contributed by atoms with Crippen LogP contribution in [0.15, 0.2) is 78.9 Å². The molecule has 5 rings (SSSR count). The number of nitrogens with one attached hydrogen (secondary N) is 4. The number of aromatic nitrogens is 2. The van der Waals surface area contributed by atoms with E-state index in [4.69, 9.17) is 9.47 Å². The Kier molecular flexibility index (Phi) is 11.4. The molecule has 47 heavy (non-hydrogen) atoms. The SMILES string of the molecule is COC(=O)C(CNC(=O)c1ccc(CN(Cc2nc3ccccc3[nH]2)C(=O)NC2CCCCC2)cc1)NC(=O)OCc1ccccc1. The molecule has 0 spiro atoms. The Morgan fingerprint density at radius 2 is 1.62 bits per heavy atom. The van der Waals surface area contributed by atoms with E-state index < -0.39 is 24.0 Å². The number of rotatable bonds is 12. The van der Waals surface area contributed by atoms with E-state index in [2.05, 4.69) is 25.9 Å². The highest BCUT2D eigenvalue weighted by Gasteiger charge is 2.24. The third kappa shape index (κ3) is 9.55. The number of hydrogen-bond donors (Lipinski definition) is 4. The summed E-state index contributed by atoms with van der Waals surface area (Å²) in [5.41, 5.74) is 3.70. The zero-order chi connectivity index (χ0) is 33.0. The molecule has 1 heterocycles. The molecule has 0 saturated heterocycles. The summed E-state index contributed by atoms with van der Waals surface area (Å²) in [5, 5.41) is 8.31. The number of alkyl carbamates (subject to hydrolysis) is 1. The summed E-state index contributed by atoms with van der Waals surface area (Å²) in [6.07, 6.45) is 4.52. The molecular formula is C35H40N6O6. The van der Waals surface area contributed by atoms with Crippen LogP contribution in [0.2, 0.25) is 0 Å². The molecule has 0 bridgehead atoms. The fourth-order valence-electron chi connectivity index (χ4n) is 5.49. The van der Waals surface area contributed by atoms with Crippen LogP contribution in [-0.2, 0) is 34.0 Å². The average Bonchev–Trinajstić information content (AvgIpc) is 3.52. The molecule has 4 N–H and O–H groups in total. The number of carbonyl (C=O) groups excluding carboxylic acids is 4. The highest BCUT2D eigenvalue weighted by atomic mass is 16.6. The number of hydrogen-bond acceptors (Lipinski definition) is 7. The summed E-state index contributed by atoms with van der Waals surface area (Å²) in [5.74, 6) is -0.494. The van der Waals surface area contributed by atoms with E-state index in [1.807, 2.05) is 42.5 Å². The van der Waals surface area contributed by atoms with Crippen molar-refractivity contribution in [2.45, 2.75) is 63.9 Å². The molecule has 3 aromatic carbocycles. The molecule has 12 nitrogen and oxygen atoms in total. The van der Waals surface area contributed by atoms with Crippen molar-refractivity contribution in [3.05, 3.63) is 101 Å². The average molecular weight is 641 g/mol. The van der Waals surface area contributed by atoms with Crippen LogP contribution >= 0.6 is 0 Å². The van der Waals surface area contributed by atoms with Crippen LogP contribution in [0.1, 0.15) is 59.4 Å². The highest BCUT2D eigenvalue weighted by molar-refractivity contribution is 5.94. The summed E-state index contributed by atoms with van der Waals surface area (Å²) in [6.45, 7) is 0.402. The maximum atomic E-state index is 13.5. The molecule has 1 unspecified atom stereocenters. The lowest BCUT2D eigenvalue weighted by Gasteiger charge is -2.28. The predicted molar refractivity (Wildman–Crippen MR) is 175 cm³/mol. The van der Waals surface area contributed by atoms with Gasteiger partial charge in [-0.15, -0.1) is 0 Å². The zero-order valence-corrected chi connectivity index (χ0v) is 26.4. The Morgan fingerprint density at radius 1 is 0.894 bits per heavy atom. The minimum atomic E-state index is -1.15. The lowest BCUT2D eigenvalue weighted by Crippen LogP contribution is -2.49. The minimum Gasteiger partial charge on any atom is -0.467 e. The Balaban J connectivity index is 1.19. The lowest BCUT2D eigenvalue weighted by molar-refractivity contribution is -0.142. The molecule has 1 aliphatic carbocycles. The van der Waals surface area contributed by atoms with Gasteiger partial charge in [-0.05, 0) is 48.2 Å². The number of aromatic amines is 1. The van der Waals surface area contributed by atoms with E-state index >= 15 is 0 Å². The molecule has 1 atom stereocenters. The van der Waals surface area contributed by atoms with Gasteiger partial charge < -0.3 is 35.3 Å². The molecule has 0 aliphatic heterocycles. The molecule has 0 radical (unpaired) electrons. The van der Waals surface area contributed by atoms with Gasteiger partial charge in [0.2, 0.25) is 0 Å². The highest BCUT2D eigenvalue weighted by Crippen LogP contribution is 2.19. The standard InChI is InChI=1S/C35H40N6O6/c1-46-33(43)30(40-35(45)47-23-25-10-4-2-5-11-25)20-36-32(42)26-18-16-24(17-19-26)21-41(34(44)37-27-12-6-3-7-13-27)22-31-38-28-14-8-9-15-29(28)39-31/h2,4-5,8-11,14-19,27,30H,3,6-7,12-13,20-23H2,1H3,(H,36,42)(H,37,44)(H,38,39)(H,40,45). The molecule has 12 heteroatoms. The summed E-state index contributed by atoms with van der Waals surface area (Å²) < 4.78 is 9.98. The summed E-state index contributed by atoms with van der Waals surface area (Å²) >= 11 is 0. The van der Waals surface area contributed by atoms with Crippen molar-refractivity contribution in [1.82, 2.24) is 30.8 Å². The van der Waals surface area contributed by atoms with Gasteiger partial charge in [0.15, 0.2) is 0 Å². The maximum absolute atomic E-state index is 13.5. The van der Waals surface area contributed by atoms with E-state index in [9.17, 15) is 19.2 Å². The van der Waals surface area contributed by atoms with Gasteiger partial charge in [0.1, 0.15) is 18.5 Å². The van der Waals surface area contributed by atoms with Crippen molar-refractivity contribution in [3.8, 4) is 0 Å². The van der Waals surface area contributed by atoms with Crippen LogP contribution in [0.5, 0.6) is 0 Å². The molecule has 1 aromatic heterocycles. The van der Waals surface area contributed by atoms with E-state index in [1.165, 1.54) is 13.5 Å². The number of para-hydroxylation sites is 2. The van der Waals surface area contributed by atoms with Gasteiger partial charge in [0.25, 0.3) is 5.91 Å². The number of benzene rings is 3. The van der Waals surface area contributed by atoms with Crippen LogP contribution in [0.4, 0.5) is 9.59 Å². The van der Waals surface area contributed by atoms with Gasteiger partial charge in [-0.3, -0.25) is 4.79 Å². The number of esters is 1. The molecule has 1 saturated carbocycles. The molecule has 4 aromatic rings. The number of carbonyl (C=O) groups is 4. The third-order valence-corrected chi connectivity index (χ3v) is 8.05. The number of fused-ring (bicyclic) bond motifs is 1. The van der Waals surface area contributed by atoms with E-state index in [0.717, 1.165) is 47.8 Å². The van der Waals surface area contributed by atoms with Crippen molar-refractivity contribution in [1.29, 1.82) is 0 Å². The second-order valence-electron chi connectivity index (χ2n) is 11.5. The van der Waals surface area contributed by atoms with Gasteiger partial charge in [0.05, 0.1) is 24.7 Å². The second-order valence-corrected chi connectivity index (χ2v) is 11.5. The normalized spacial score (nSPS) is 13.7. The lowest BCUT2D eigenvalue weighted by atomic mass is 9.96. The monoisotopic (exact) mass is 640 g/mol. The Bertz CT molecular complexity index is 1620. The van der Waals surface area contributed by atoms with Crippen LogP contribution in [0.3, 0.4) is 0 Å². The first-order valence-corrected chi connectivity index (χ1v) is 15.8. The zero-order valence-electron chi connectivity index (χ0n) is 26.4. The van der Waals surface area contributed by atoms with Gasteiger partial charge in [-0.25, -0.2) is 19.4 Å². The number of H-pyrrole nitrogens is 1. The Hall–Kier alpha value is -5.39. The van der Waals surface area contributed by atoms with Crippen LogP contribution < -0.4 is 16.0 Å². The first kappa shape index (κ1) is 33.0. The number of amides is 4. The summed E-state index contributed by atoms with van der Waals surface area (Å²) in [6, 6.07) is 22.5. The van der Waals surface area contributed by atoms with Crippen molar-refractivity contribution in [2.75, 3.05) is 13.7 Å². The van der Waals surface area contributed by atoms with Crippen molar-refractivity contribution in [2.24, 2.45) is 0 Å². The minimum absolute atomic E-state index is 0.0250. The van der Waals surface area contributed by atoms with Crippen LogP contribution in [0.25, 0.3) is 11.0 Å². The fourth-order valence-corrected chi connectivity index (χ4v) is 5.49. The smallest absolute Gasteiger partial charge is 0.408 e. The van der Waals surface area contributed by atoms with Crippen LogP contribution in [-0.4, -0.2) is 64.6 Å². The van der Waals surface area contributed by atoms with E-state index in [-0.39, 0.29) is 31.8 Å². The first-order chi connectivity index (χ1) is 22.9. The molecule has 1 fully saturated rings. The molecule has 246 valence electrons. The predicted octanol–water partition coefficient (Wildman–Crippen LogP) is 4.81. The summed E-state index contributed by atoms with van der Waals surface area (Å²) in [7, 11) is 1.19. The molecular weight excluding hydrogens is 600 g/mol. The van der Waals surface area contributed by atoms with Gasteiger partial charge in [-0.2, -0.15) is 0 Å². The van der Waals surface area contributed by atoms with Crippen molar-refractivity contribution < 1.29 is 28.7 Å². The van der Waals surface area contributed by atoms with E-state index in [0.29, 0.717) is 17.9 Å². The maximum Gasteiger partial charge on any atom is 0.408 e. The largest absolute Gasteiger partial charge is 0.467 e. The Labute approximate surface area is 273 Å². The van der Waals surface area contributed by atoms with Gasteiger partial charge >= 0.3 is 18.1 Å². The van der Waals surface area contributed by atoms with E-state index in [1.54, 1.807) is 41.3 Å². The first-order valence-electron chi connectivity index (χ1n) is 15.8. The topological polar surface area (TPSA) is 155 Å². The van der Waals surface area contributed by atoms with Crippen molar-refractivity contribution in [3.63, 3.8) is 0 Å². The molecule has 1 aliphatic rings. The molecule has 4 amide bonds. The van der Waals surface area contributed by atoms with Gasteiger partial charge in [0, 0.05) is 24.7 Å². The van der Waals surface area contributed by atoms with Gasteiger partial charge in [-0.1, -0.05) is 73.9 Å². The number of imidazole rings is 1. The number of ether oxygens (including phenoxy) is 2. The second kappa shape index (κ2) is 16.3. The third-order valence-electron chi connectivity index (χ3n) is 8.05. The fraction of sp³-hybridized carbons (Fsp3) is 0.343. The number of urea groups is 1.